The second-order valence-electron chi connectivity index (χ2n) is 4.26. The number of carbonyl (C=O) groups is 1. The Morgan fingerprint density at radius 2 is 2.26 bits per heavy atom. The van der Waals surface area contributed by atoms with Crippen molar-refractivity contribution in [1.29, 1.82) is 0 Å². The van der Waals surface area contributed by atoms with Crippen molar-refractivity contribution in [2.45, 2.75) is 32.7 Å². The second kappa shape index (κ2) is 6.55. The summed E-state index contributed by atoms with van der Waals surface area (Å²) in [6.45, 7) is 3.67. The number of amides is 1. The molecule has 0 aromatic heterocycles. The standard InChI is InChI=1S/C14H16N2O3/c1-4-6-11(5-2)15-14(17)12-9-10(3)7-8-13(12)16(18)19/h1,7-9,11H,5-6H2,2-3H3,(H,15,17). The molecule has 1 N–H and O–H groups in total. The molecule has 0 saturated heterocycles. The molecule has 1 amide bonds. The van der Waals surface area contributed by atoms with Crippen LogP contribution < -0.4 is 5.32 Å². The molecule has 1 aromatic rings. The number of hydrogen-bond donors (Lipinski definition) is 1. The number of hydrogen-bond acceptors (Lipinski definition) is 3. The van der Waals surface area contributed by atoms with E-state index in [2.05, 4.69) is 11.2 Å². The van der Waals surface area contributed by atoms with Crippen molar-refractivity contribution in [1.82, 2.24) is 5.32 Å². The van der Waals surface area contributed by atoms with Crippen LogP contribution in [-0.2, 0) is 0 Å². The van der Waals surface area contributed by atoms with Gasteiger partial charge in [-0.2, -0.15) is 0 Å². The molecule has 1 rings (SSSR count). The summed E-state index contributed by atoms with van der Waals surface area (Å²) in [6, 6.07) is 4.29. The van der Waals surface area contributed by atoms with Crippen molar-refractivity contribution in [2.24, 2.45) is 0 Å². The van der Waals surface area contributed by atoms with E-state index in [9.17, 15) is 14.9 Å². The van der Waals surface area contributed by atoms with E-state index in [0.717, 1.165) is 5.56 Å². The monoisotopic (exact) mass is 260 g/mol. The first-order valence-electron chi connectivity index (χ1n) is 5.99. The topological polar surface area (TPSA) is 72.2 Å². The van der Waals surface area contributed by atoms with Gasteiger partial charge < -0.3 is 5.32 Å². The van der Waals surface area contributed by atoms with Gasteiger partial charge in [0.15, 0.2) is 0 Å². The zero-order chi connectivity index (χ0) is 14.4. The molecule has 1 unspecified atom stereocenters. The van der Waals surface area contributed by atoms with Gasteiger partial charge in [-0.15, -0.1) is 12.3 Å². The molecule has 1 atom stereocenters. The number of aryl methyl sites for hydroxylation is 1. The van der Waals surface area contributed by atoms with E-state index in [0.29, 0.717) is 12.8 Å². The van der Waals surface area contributed by atoms with E-state index < -0.39 is 10.8 Å². The van der Waals surface area contributed by atoms with Crippen LogP contribution >= 0.6 is 0 Å². The molecule has 0 radical (unpaired) electrons. The van der Waals surface area contributed by atoms with Crippen molar-refractivity contribution >= 4 is 11.6 Å². The number of carbonyl (C=O) groups excluding carboxylic acids is 1. The van der Waals surface area contributed by atoms with Gasteiger partial charge >= 0.3 is 0 Å². The number of nitro benzene ring substituents is 1. The van der Waals surface area contributed by atoms with Crippen LogP contribution in [-0.4, -0.2) is 16.9 Å². The Morgan fingerprint density at radius 3 is 2.79 bits per heavy atom. The number of rotatable bonds is 5. The molecule has 0 aliphatic heterocycles. The van der Waals surface area contributed by atoms with E-state index in [1.165, 1.54) is 12.1 Å². The van der Waals surface area contributed by atoms with Gasteiger partial charge in [-0.25, -0.2) is 0 Å². The van der Waals surface area contributed by atoms with E-state index in [4.69, 9.17) is 6.42 Å². The maximum Gasteiger partial charge on any atom is 0.282 e. The van der Waals surface area contributed by atoms with E-state index >= 15 is 0 Å². The Labute approximate surface area is 112 Å². The molecule has 100 valence electrons. The highest BCUT2D eigenvalue weighted by molar-refractivity contribution is 5.98. The van der Waals surface area contributed by atoms with Crippen LogP contribution in [0.5, 0.6) is 0 Å². The highest BCUT2D eigenvalue weighted by Crippen LogP contribution is 2.20. The summed E-state index contributed by atoms with van der Waals surface area (Å²) in [4.78, 5) is 22.4. The quantitative estimate of drug-likeness (QED) is 0.502. The predicted molar refractivity (Wildman–Crippen MR) is 72.8 cm³/mol. The Kier molecular flexibility index (Phi) is 5.07. The zero-order valence-corrected chi connectivity index (χ0v) is 11.0. The first kappa shape index (κ1) is 14.7. The maximum absolute atomic E-state index is 12.1. The lowest BCUT2D eigenvalue weighted by Crippen LogP contribution is -2.34. The lowest BCUT2D eigenvalue weighted by molar-refractivity contribution is -0.385. The van der Waals surface area contributed by atoms with Crippen molar-refractivity contribution in [3.63, 3.8) is 0 Å². The smallest absolute Gasteiger partial charge is 0.282 e. The Morgan fingerprint density at radius 1 is 1.58 bits per heavy atom. The normalized spacial score (nSPS) is 11.4. The minimum Gasteiger partial charge on any atom is -0.348 e. The lowest BCUT2D eigenvalue weighted by Gasteiger charge is -2.14. The van der Waals surface area contributed by atoms with Crippen LogP contribution in [0.2, 0.25) is 0 Å². The fourth-order valence-corrected chi connectivity index (χ4v) is 1.69. The molecule has 0 heterocycles. The molecular weight excluding hydrogens is 244 g/mol. The number of nitrogens with zero attached hydrogens (tertiary/aromatic N) is 1. The molecule has 19 heavy (non-hydrogen) atoms. The number of benzene rings is 1. The van der Waals surface area contributed by atoms with Crippen LogP contribution in [0.1, 0.15) is 35.7 Å². The van der Waals surface area contributed by atoms with E-state index in [1.54, 1.807) is 13.0 Å². The van der Waals surface area contributed by atoms with Gasteiger partial charge in [-0.05, 0) is 25.0 Å². The van der Waals surface area contributed by atoms with Gasteiger partial charge in [0.1, 0.15) is 5.56 Å². The van der Waals surface area contributed by atoms with E-state index in [1.807, 2.05) is 6.92 Å². The molecule has 0 bridgehead atoms. The summed E-state index contributed by atoms with van der Waals surface area (Å²) in [5, 5.41) is 13.6. The van der Waals surface area contributed by atoms with Gasteiger partial charge in [-0.3, -0.25) is 14.9 Å². The number of nitrogens with one attached hydrogen (secondary N) is 1. The molecule has 1 aromatic carbocycles. The predicted octanol–water partition coefficient (Wildman–Crippen LogP) is 2.43. The van der Waals surface area contributed by atoms with Gasteiger partial charge in [-0.1, -0.05) is 13.0 Å². The van der Waals surface area contributed by atoms with Crippen molar-refractivity contribution in [3.8, 4) is 12.3 Å². The molecular formula is C14H16N2O3. The van der Waals surface area contributed by atoms with Crippen LogP contribution in [0, 0.1) is 29.4 Å². The van der Waals surface area contributed by atoms with Gasteiger partial charge in [0.05, 0.1) is 4.92 Å². The van der Waals surface area contributed by atoms with Crippen molar-refractivity contribution in [2.75, 3.05) is 0 Å². The zero-order valence-electron chi connectivity index (χ0n) is 11.0. The highest BCUT2D eigenvalue weighted by Gasteiger charge is 2.21. The summed E-state index contributed by atoms with van der Waals surface area (Å²) >= 11 is 0. The third-order valence-electron chi connectivity index (χ3n) is 2.79. The fraction of sp³-hybridized carbons (Fsp3) is 0.357. The lowest BCUT2D eigenvalue weighted by atomic mass is 10.1. The van der Waals surface area contributed by atoms with Crippen LogP contribution in [0.25, 0.3) is 0 Å². The summed E-state index contributed by atoms with van der Waals surface area (Å²) in [6.07, 6.45) is 6.29. The molecule has 5 nitrogen and oxygen atoms in total. The third kappa shape index (κ3) is 3.81. The van der Waals surface area contributed by atoms with E-state index in [-0.39, 0.29) is 17.3 Å². The maximum atomic E-state index is 12.1. The Bertz CT molecular complexity index is 532. The fourth-order valence-electron chi connectivity index (χ4n) is 1.69. The molecule has 0 fully saturated rings. The molecule has 0 spiro atoms. The SMILES string of the molecule is C#CCC(CC)NC(=O)c1cc(C)ccc1[N+](=O)[O-]. The summed E-state index contributed by atoms with van der Waals surface area (Å²) < 4.78 is 0. The molecule has 0 saturated carbocycles. The highest BCUT2D eigenvalue weighted by atomic mass is 16.6. The van der Waals surface area contributed by atoms with Crippen molar-refractivity contribution < 1.29 is 9.72 Å². The second-order valence-corrected chi connectivity index (χ2v) is 4.26. The average molecular weight is 260 g/mol. The number of terminal acetylenes is 1. The molecule has 0 aliphatic carbocycles. The first-order chi connectivity index (χ1) is 8.99. The molecule has 0 aliphatic rings. The van der Waals surface area contributed by atoms with Crippen LogP contribution in [0.4, 0.5) is 5.69 Å². The summed E-state index contributed by atoms with van der Waals surface area (Å²) in [5.74, 6) is 2.02. The largest absolute Gasteiger partial charge is 0.348 e. The van der Waals surface area contributed by atoms with Crippen LogP contribution in [0.15, 0.2) is 18.2 Å². The van der Waals surface area contributed by atoms with Crippen molar-refractivity contribution in [3.05, 3.63) is 39.4 Å². The average Bonchev–Trinajstić information content (AvgIpc) is 2.37. The Hall–Kier alpha value is -2.35. The summed E-state index contributed by atoms with van der Waals surface area (Å²) in [5.41, 5.74) is 0.667. The Balaban J connectivity index is 3.02. The first-order valence-corrected chi connectivity index (χ1v) is 5.99. The molecule has 5 heteroatoms. The van der Waals surface area contributed by atoms with Crippen LogP contribution in [0.3, 0.4) is 0 Å². The number of nitro groups is 1. The van der Waals surface area contributed by atoms with Gasteiger partial charge in [0, 0.05) is 18.5 Å². The summed E-state index contributed by atoms with van der Waals surface area (Å²) in [7, 11) is 0. The third-order valence-corrected chi connectivity index (χ3v) is 2.79. The minimum absolute atomic E-state index is 0.0699. The minimum atomic E-state index is -0.559. The van der Waals surface area contributed by atoms with Gasteiger partial charge in [0.2, 0.25) is 0 Å². The van der Waals surface area contributed by atoms with Gasteiger partial charge in [0.25, 0.3) is 11.6 Å².